The van der Waals surface area contributed by atoms with Crippen LogP contribution in [0, 0.1) is 5.41 Å². The second-order valence-corrected chi connectivity index (χ2v) is 8.64. The van der Waals surface area contributed by atoms with Gasteiger partial charge in [0.2, 0.25) is 5.65 Å². The molecule has 1 saturated heterocycles. The Bertz CT molecular complexity index is 1040. The summed E-state index contributed by atoms with van der Waals surface area (Å²) in [5, 5.41) is 11.2. The van der Waals surface area contributed by atoms with Crippen molar-refractivity contribution in [2.45, 2.75) is 38.1 Å². The maximum Gasteiger partial charge on any atom is 0.202 e. The minimum absolute atomic E-state index is 0.336. The zero-order chi connectivity index (χ0) is 20.0. The van der Waals surface area contributed by atoms with Crippen molar-refractivity contribution in [3.05, 3.63) is 29.4 Å². The summed E-state index contributed by atoms with van der Waals surface area (Å²) < 4.78 is 0. The molecule has 7 nitrogen and oxygen atoms in total. The predicted octanol–water partition coefficient (Wildman–Crippen LogP) is 3.81. The Morgan fingerprint density at radius 2 is 2.10 bits per heavy atom. The number of rotatable bonds is 3. The lowest BCUT2D eigenvalue weighted by atomic mass is 9.74. The van der Waals surface area contributed by atoms with Gasteiger partial charge in [-0.1, -0.05) is 30.2 Å². The Morgan fingerprint density at radius 1 is 1.28 bits per heavy atom. The van der Waals surface area contributed by atoms with Gasteiger partial charge in [-0.3, -0.25) is 5.10 Å². The quantitative estimate of drug-likeness (QED) is 0.606. The van der Waals surface area contributed by atoms with Crippen LogP contribution >= 0.6 is 11.6 Å². The molecule has 0 amide bonds. The average molecular weight is 412 g/mol. The highest BCUT2D eigenvalue weighted by atomic mass is 35.5. The van der Waals surface area contributed by atoms with E-state index in [9.17, 15) is 0 Å². The third-order valence-corrected chi connectivity index (χ3v) is 7.26. The second kappa shape index (κ2) is 7.15. The molecular weight excluding hydrogens is 386 g/mol. The van der Waals surface area contributed by atoms with Gasteiger partial charge in [0.05, 0.1) is 22.6 Å². The Balaban J connectivity index is 1.42. The van der Waals surface area contributed by atoms with Crippen LogP contribution in [-0.4, -0.2) is 46.3 Å². The Labute approximate surface area is 175 Å². The lowest BCUT2D eigenvalue weighted by Gasteiger charge is -2.42. The van der Waals surface area contributed by atoms with Gasteiger partial charge >= 0.3 is 0 Å². The van der Waals surface area contributed by atoms with Crippen molar-refractivity contribution in [2.24, 2.45) is 11.1 Å². The lowest BCUT2D eigenvalue weighted by molar-refractivity contribution is 0.197. The van der Waals surface area contributed by atoms with E-state index in [0.29, 0.717) is 22.1 Å². The molecule has 0 unspecified atom stereocenters. The van der Waals surface area contributed by atoms with Gasteiger partial charge in [-0.05, 0) is 37.2 Å². The van der Waals surface area contributed by atoms with E-state index in [2.05, 4.69) is 20.4 Å². The molecule has 1 spiro atoms. The first-order chi connectivity index (χ1) is 14.1. The molecule has 2 aromatic heterocycles. The summed E-state index contributed by atoms with van der Waals surface area (Å²) in [6.45, 7) is 1.95. The van der Waals surface area contributed by atoms with E-state index >= 15 is 0 Å². The van der Waals surface area contributed by atoms with Crippen LogP contribution in [0.3, 0.4) is 0 Å². The van der Waals surface area contributed by atoms with Crippen LogP contribution in [0.2, 0.25) is 5.02 Å². The van der Waals surface area contributed by atoms with Crippen LogP contribution in [0.15, 0.2) is 24.4 Å². The standard InChI is InChI=1S/C21H26ClN7/c1-24-14-5-2-4-13(17(14)22)18-19-20(28-27-18)26-16(12-25-19)29-10-8-21(9-11-29)7-3-6-15(21)23/h2,4-5,12,15,24H,3,6-11,23H2,1H3,(H,26,27,28)/t15-/m1/s1. The first kappa shape index (κ1) is 18.6. The molecule has 8 heteroatoms. The fraction of sp³-hybridized carbons (Fsp3) is 0.476. The molecule has 0 bridgehead atoms. The van der Waals surface area contributed by atoms with Crippen LogP contribution in [0.4, 0.5) is 11.5 Å². The molecule has 29 heavy (non-hydrogen) atoms. The molecule has 3 aromatic rings. The highest BCUT2D eigenvalue weighted by molar-refractivity contribution is 6.36. The van der Waals surface area contributed by atoms with E-state index < -0.39 is 0 Å². The summed E-state index contributed by atoms with van der Waals surface area (Å²) in [5.41, 5.74) is 10.6. The van der Waals surface area contributed by atoms with Crippen molar-refractivity contribution in [3.63, 3.8) is 0 Å². The number of aromatic nitrogens is 4. The molecule has 5 rings (SSSR count). The molecule has 1 saturated carbocycles. The topological polar surface area (TPSA) is 95.8 Å². The van der Waals surface area contributed by atoms with E-state index in [4.69, 9.17) is 27.3 Å². The van der Waals surface area contributed by atoms with Crippen molar-refractivity contribution in [3.8, 4) is 11.3 Å². The molecule has 2 aliphatic rings. The number of anilines is 2. The number of nitrogens with one attached hydrogen (secondary N) is 2. The van der Waals surface area contributed by atoms with Gasteiger partial charge in [-0.2, -0.15) is 5.10 Å². The fourth-order valence-electron chi connectivity index (χ4n) is 5.01. The van der Waals surface area contributed by atoms with E-state index in [-0.39, 0.29) is 0 Å². The van der Waals surface area contributed by atoms with Crippen LogP contribution in [0.1, 0.15) is 32.1 Å². The summed E-state index contributed by atoms with van der Waals surface area (Å²) in [7, 11) is 1.85. The first-order valence-electron chi connectivity index (χ1n) is 10.3. The Hall–Kier alpha value is -2.38. The number of H-pyrrole nitrogens is 1. The number of nitrogens with zero attached hydrogens (tertiary/aromatic N) is 4. The first-order valence-corrected chi connectivity index (χ1v) is 10.7. The number of hydrogen-bond donors (Lipinski definition) is 3. The number of hydrogen-bond acceptors (Lipinski definition) is 6. The number of halogens is 1. The Morgan fingerprint density at radius 3 is 2.83 bits per heavy atom. The fourth-order valence-corrected chi connectivity index (χ4v) is 5.33. The van der Waals surface area contributed by atoms with E-state index in [1.165, 1.54) is 19.3 Å². The molecule has 152 valence electrons. The van der Waals surface area contributed by atoms with E-state index in [1.54, 1.807) is 0 Å². The molecular formula is C21H26ClN7. The molecule has 2 fully saturated rings. The number of fused-ring (bicyclic) bond motifs is 1. The summed E-state index contributed by atoms with van der Waals surface area (Å²) in [6.07, 6.45) is 7.81. The summed E-state index contributed by atoms with van der Waals surface area (Å²) in [5.74, 6) is 0.882. The minimum atomic E-state index is 0.336. The SMILES string of the molecule is CNc1cccc(-c2[nH]nc3nc(N4CCC5(CCC[C@H]5N)CC4)cnc23)c1Cl. The lowest BCUT2D eigenvalue weighted by Crippen LogP contribution is -2.47. The van der Waals surface area contributed by atoms with E-state index in [1.807, 2.05) is 31.4 Å². The van der Waals surface area contributed by atoms with Gasteiger partial charge in [0.25, 0.3) is 0 Å². The predicted molar refractivity (Wildman–Crippen MR) is 117 cm³/mol. The molecule has 1 aromatic carbocycles. The number of piperidine rings is 1. The van der Waals surface area contributed by atoms with Crippen LogP contribution in [0.5, 0.6) is 0 Å². The largest absolute Gasteiger partial charge is 0.387 e. The highest BCUT2D eigenvalue weighted by Crippen LogP contribution is 2.46. The maximum atomic E-state index is 6.55. The van der Waals surface area contributed by atoms with Gasteiger partial charge in [0, 0.05) is 31.7 Å². The molecule has 1 aliphatic carbocycles. The number of benzene rings is 1. The number of nitrogens with two attached hydrogens (primary N) is 1. The molecule has 1 aliphatic heterocycles. The maximum absolute atomic E-state index is 6.55. The van der Waals surface area contributed by atoms with Gasteiger partial charge in [0.1, 0.15) is 11.3 Å². The van der Waals surface area contributed by atoms with Gasteiger partial charge in [-0.25, -0.2) is 9.97 Å². The Kier molecular flexibility index (Phi) is 4.59. The van der Waals surface area contributed by atoms with Crippen molar-refractivity contribution in [1.29, 1.82) is 0 Å². The molecule has 0 radical (unpaired) electrons. The second-order valence-electron chi connectivity index (χ2n) is 8.26. The van der Waals surface area contributed by atoms with Crippen LogP contribution in [0.25, 0.3) is 22.4 Å². The molecule has 1 atom stereocenters. The average Bonchev–Trinajstić information content (AvgIpc) is 3.32. The minimum Gasteiger partial charge on any atom is -0.387 e. The summed E-state index contributed by atoms with van der Waals surface area (Å²) in [4.78, 5) is 11.8. The van der Waals surface area contributed by atoms with Gasteiger partial charge in [-0.15, -0.1) is 0 Å². The van der Waals surface area contributed by atoms with Crippen LogP contribution in [-0.2, 0) is 0 Å². The van der Waals surface area contributed by atoms with Crippen LogP contribution < -0.4 is 16.0 Å². The summed E-state index contributed by atoms with van der Waals surface area (Å²) in [6, 6.07) is 6.21. The molecule has 3 heterocycles. The van der Waals surface area contributed by atoms with Gasteiger partial charge in [0.15, 0.2) is 0 Å². The highest BCUT2D eigenvalue weighted by Gasteiger charge is 2.43. The third-order valence-electron chi connectivity index (χ3n) is 6.85. The monoisotopic (exact) mass is 411 g/mol. The normalized spacial score (nSPS) is 21.2. The third kappa shape index (κ3) is 3.04. The summed E-state index contributed by atoms with van der Waals surface area (Å²) >= 11 is 6.55. The smallest absolute Gasteiger partial charge is 0.202 e. The zero-order valence-corrected chi connectivity index (χ0v) is 17.3. The number of aromatic amines is 1. The van der Waals surface area contributed by atoms with Crippen molar-refractivity contribution < 1.29 is 0 Å². The van der Waals surface area contributed by atoms with E-state index in [0.717, 1.165) is 54.2 Å². The van der Waals surface area contributed by atoms with Crippen molar-refractivity contribution in [2.75, 3.05) is 30.4 Å². The molecule has 4 N–H and O–H groups in total. The zero-order valence-electron chi connectivity index (χ0n) is 16.6. The van der Waals surface area contributed by atoms with Crippen molar-refractivity contribution >= 4 is 34.3 Å². The van der Waals surface area contributed by atoms with Crippen molar-refractivity contribution in [1.82, 2.24) is 20.2 Å². The van der Waals surface area contributed by atoms with Gasteiger partial charge < -0.3 is 16.0 Å².